The molecule has 0 amide bonds. The Morgan fingerprint density at radius 2 is 2.32 bits per heavy atom. The van der Waals surface area contributed by atoms with Gasteiger partial charge in [0.05, 0.1) is 4.47 Å². The van der Waals surface area contributed by atoms with Crippen molar-refractivity contribution < 1.29 is 4.74 Å². The van der Waals surface area contributed by atoms with Crippen LogP contribution in [-0.4, -0.2) is 43.7 Å². The summed E-state index contributed by atoms with van der Waals surface area (Å²) in [6.07, 6.45) is 0. The second-order valence-corrected chi connectivity index (χ2v) is 5.80. The van der Waals surface area contributed by atoms with Crippen LogP contribution in [0.5, 0.6) is 5.75 Å². The molecule has 2 rings (SSSR count). The minimum absolute atomic E-state index is 0. The minimum Gasteiger partial charge on any atom is -0.491 e. The van der Waals surface area contributed by atoms with Crippen molar-refractivity contribution in [3.05, 3.63) is 27.7 Å². The van der Waals surface area contributed by atoms with E-state index in [0.717, 1.165) is 36.4 Å². The Kier molecular flexibility index (Phi) is 7.47. The van der Waals surface area contributed by atoms with Gasteiger partial charge in [-0.15, -0.1) is 12.4 Å². The molecule has 1 N–H and O–H groups in total. The highest BCUT2D eigenvalue weighted by Crippen LogP contribution is 2.27. The molecule has 0 bridgehead atoms. The summed E-state index contributed by atoms with van der Waals surface area (Å²) in [6, 6.07) is 6.17. The number of nitrogens with zero attached hydrogens (tertiary/aromatic N) is 1. The van der Waals surface area contributed by atoms with Gasteiger partial charge in [0.1, 0.15) is 12.4 Å². The Bertz CT molecular complexity index is 406. The van der Waals surface area contributed by atoms with E-state index in [4.69, 9.17) is 16.3 Å². The van der Waals surface area contributed by atoms with Crippen LogP contribution in [0.25, 0.3) is 0 Å². The Morgan fingerprint density at radius 3 is 3.00 bits per heavy atom. The minimum atomic E-state index is 0. The first-order valence-corrected chi connectivity index (χ1v) is 7.36. The number of hydrogen-bond acceptors (Lipinski definition) is 3. The van der Waals surface area contributed by atoms with Crippen LogP contribution in [0.1, 0.15) is 6.92 Å². The predicted octanol–water partition coefficient (Wildman–Crippen LogP) is 3.20. The van der Waals surface area contributed by atoms with E-state index in [1.54, 1.807) is 0 Å². The lowest BCUT2D eigenvalue weighted by molar-refractivity contribution is 0.143. The van der Waals surface area contributed by atoms with Crippen molar-refractivity contribution in [3.8, 4) is 5.75 Å². The van der Waals surface area contributed by atoms with Crippen molar-refractivity contribution in [2.75, 3.05) is 32.8 Å². The number of rotatable bonds is 4. The second-order valence-electron chi connectivity index (χ2n) is 4.51. The molecule has 0 saturated carbocycles. The molecule has 3 nitrogen and oxygen atoms in total. The SMILES string of the molecule is C[C@@H]1CNCCN1CCOc1ccc(Cl)cc1Br.Cl. The van der Waals surface area contributed by atoms with E-state index in [1.807, 2.05) is 18.2 Å². The molecule has 1 heterocycles. The molecule has 1 aliphatic rings. The molecule has 1 fully saturated rings. The molecule has 6 heteroatoms. The van der Waals surface area contributed by atoms with Gasteiger partial charge < -0.3 is 10.1 Å². The molecular formula is C13H19BrCl2N2O. The van der Waals surface area contributed by atoms with E-state index in [-0.39, 0.29) is 12.4 Å². The molecule has 1 aromatic carbocycles. The summed E-state index contributed by atoms with van der Waals surface area (Å²) < 4.78 is 6.68. The Labute approximate surface area is 134 Å². The van der Waals surface area contributed by atoms with Crippen LogP contribution in [0.15, 0.2) is 22.7 Å². The largest absolute Gasteiger partial charge is 0.491 e. The van der Waals surface area contributed by atoms with Crippen molar-refractivity contribution in [2.24, 2.45) is 0 Å². The highest BCUT2D eigenvalue weighted by atomic mass is 79.9. The summed E-state index contributed by atoms with van der Waals surface area (Å²) in [5.41, 5.74) is 0. The zero-order valence-electron chi connectivity index (χ0n) is 10.9. The Morgan fingerprint density at radius 1 is 1.53 bits per heavy atom. The smallest absolute Gasteiger partial charge is 0.133 e. The van der Waals surface area contributed by atoms with Crippen LogP contribution in [0.2, 0.25) is 5.02 Å². The van der Waals surface area contributed by atoms with Gasteiger partial charge in [-0.1, -0.05) is 11.6 Å². The molecule has 1 aliphatic heterocycles. The first-order valence-electron chi connectivity index (χ1n) is 6.19. The number of benzene rings is 1. The van der Waals surface area contributed by atoms with Gasteiger partial charge in [0.2, 0.25) is 0 Å². The molecule has 0 spiro atoms. The van der Waals surface area contributed by atoms with Crippen molar-refractivity contribution >= 4 is 39.9 Å². The third-order valence-corrected chi connectivity index (χ3v) is 4.02. The van der Waals surface area contributed by atoms with Crippen molar-refractivity contribution in [1.82, 2.24) is 10.2 Å². The maximum atomic E-state index is 5.89. The molecule has 0 radical (unpaired) electrons. The molecule has 1 atom stereocenters. The van der Waals surface area contributed by atoms with Crippen LogP contribution in [0, 0.1) is 0 Å². The lowest BCUT2D eigenvalue weighted by atomic mass is 10.2. The summed E-state index contributed by atoms with van der Waals surface area (Å²) in [4.78, 5) is 2.44. The van der Waals surface area contributed by atoms with Gasteiger partial charge >= 0.3 is 0 Å². The average molecular weight is 370 g/mol. The van der Waals surface area contributed by atoms with Crippen LogP contribution < -0.4 is 10.1 Å². The predicted molar refractivity (Wildman–Crippen MR) is 85.8 cm³/mol. The Hall–Kier alpha value is -0.0000000000000000555. The average Bonchev–Trinajstić information content (AvgIpc) is 2.34. The lowest BCUT2D eigenvalue weighted by Crippen LogP contribution is -2.50. The summed E-state index contributed by atoms with van der Waals surface area (Å²) in [6.45, 7) is 7.11. The molecule has 1 aromatic rings. The number of nitrogens with one attached hydrogen (secondary N) is 1. The zero-order chi connectivity index (χ0) is 13.0. The van der Waals surface area contributed by atoms with E-state index in [1.165, 1.54) is 0 Å². The van der Waals surface area contributed by atoms with E-state index in [9.17, 15) is 0 Å². The van der Waals surface area contributed by atoms with Gasteiger partial charge in [0.25, 0.3) is 0 Å². The monoisotopic (exact) mass is 368 g/mol. The second kappa shape index (κ2) is 8.32. The van der Waals surface area contributed by atoms with Crippen LogP contribution in [-0.2, 0) is 0 Å². The lowest BCUT2D eigenvalue weighted by Gasteiger charge is -2.33. The molecule has 108 valence electrons. The molecule has 19 heavy (non-hydrogen) atoms. The molecule has 0 unspecified atom stereocenters. The summed E-state index contributed by atoms with van der Waals surface area (Å²) in [5, 5.41) is 4.10. The first-order chi connectivity index (χ1) is 8.66. The highest BCUT2D eigenvalue weighted by Gasteiger charge is 2.17. The van der Waals surface area contributed by atoms with E-state index in [0.29, 0.717) is 17.7 Å². The Balaban J connectivity index is 0.00000180. The van der Waals surface area contributed by atoms with E-state index in [2.05, 4.69) is 33.1 Å². The highest BCUT2D eigenvalue weighted by molar-refractivity contribution is 9.10. The van der Waals surface area contributed by atoms with Gasteiger partial charge in [-0.25, -0.2) is 0 Å². The fourth-order valence-corrected chi connectivity index (χ4v) is 2.88. The summed E-state index contributed by atoms with van der Waals surface area (Å²) >= 11 is 9.34. The molecule has 0 aliphatic carbocycles. The maximum absolute atomic E-state index is 5.89. The van der Waals surface area contributed by atoms with Gasteiger partial charge in [-0.3, -0.25) is 4.90 Å². The first kappa shape index (κ1) is 17.1. The number of hydrogen-bond donors (Lipinski definition) is 1. The zero-order valence-corrected chi connectivity index (χ0v) is 14.0. The van der Waals surface area contributed by atoms with Crippen molar-refractivity contribution in [2.45, 2.75) is 13.0 Å². The number of piperazine rings is 1. The number of halogens is 3. The number of ether oxygens (including phenoxy) is 1. The standard InChI is InChI=1S/C13H18BrClN2O.ClH/c1-10-9-16-4-5-17(10)6-7-18-13-3-2-11(15)8-12(13)14;/h2-3,8,10,16H,4-7,9H2,1H3;1H/t10-;/m1./s1. The van der Waals surface area contributed by atoms with E-state index >= 15 is 0 Å². The topological polar surface area (TPSA) is 24.5 Å². The third-order valence-electron chi connectivity index (χ3n) is 3.17. The van der Waals surface area contributed by atoms with Crippen molar-refractivity contribution in [1.29, 1.82) is 0 Å². The summed E-state index contributed by atoms with van der Waals surface area (Å²) in [7, 11) is 0. The molecule has 0 aromatic heterocycles. The van der Waals surface area contributed by atoms with Gasteiger partial charge in [0, 0.05) is 37.2 Å². The normalized spacial score (nSPS) is 19.8. The molecule has 1 saturated heterocycles. The quantitative estimate of drug-likeness (QED) is 0.881. The fraction of sp³-hybridized carbons (Fsp3) is 0.538. The van der Waals surface area contributed by atoms with Crippen molar-refractivity contribution in [3.63, 3.8) is 0 Å². The van der Waals surface area contributed by atoms with Gasteiger partial charge in [-0.05, 0) is 41.1 Å². The fourth-order valence-electron chi connectivity index (χ4n) is 2.08. The van der Waals surface area contributed by atoms with Crippen LogP contribution >= 0.6 is 39.9 Å². The van der Waals surface area contributed by atoms with Gasteiger partial charge in [-0.2, -0.15) is 0 Å². The third kappa shape index (κ3) is 5.12. The van der Waals surface area contributed by atoms with Crippen LogP contribution in [0.4, 0.5) is 0 Å². The van der Waals surface area contributed by atoms with Gasteiger partial charge in [0.15, 0.2) is 0 Å². The maximum Gasteiger partial charge on any atom is 0.133 e. The van der Waals surface area contributed by atoms with E-state index < -0.39 is 0 Å². The van der Waals surface area contributed by atoms with Crippen LogP contribution in [0.3, 0.4) is 0 Å². The summed E-state index contributed by atoms with van der Waals surface area (Å²) in [5.74, 6) is 0.849. The molecular weight excluding hydrogens is 351 g/mol.